The lowest BCUT2D eigenvalue weighted by atomic mass is 9.47. The van der Waals surface area contributed by atoms with Crippen molar-refractivity contribution in [2.24, 2.45) is 22.7 Å². The Labute approximate surface area is 151 Å². The Morgan fingerprint density at radius 1 is 1.32 bits per heavy atom. The number of phenolic OH excluding ortho intramolecular Hbond substituents is 1. The van der Waals surface area contributed by atoms with Gasteiger partial charge in [0.1, 0.15) is 5.75 Å². The summed E-state index contributed by atoms with van der Waals surface area (Å²) in [6, 6.07) is 5.37. The van der Waals surface area contributed by atoms with Crippen LogP contribution in [0.3, 0.4) is 0 Å². The van der Waals surface area contributed by atoms with Gasteiger partial charge in [-0.05, 0) is 85.5 Å². The lowest BCUT2D eigenvalue weighted by Crippen LogP contribution is -2.50. The number of carbonyl (C=O) groups excluding carboxylic acids is 1. The Bertz CT molecular complexity index is 695. The lowest BCUT2D eigenvalue weighted by Gasteiger charge is -2.58. The van der Waals surface area contributed by atoms with Crippen LogP contribution in [0.1, 0.15) is 58.9 Å². The summed E-state index contributed by atoms with van der Waals surface area (Å²) in [5, 5.41) is 13.1. The minimum absolute atomic E-state index is 0.139. The van der Waals surface area contributed by atoms with Gasteiger partial charge in [-0.15, -0.1) is 0 Å². The highest BCUT2D eigenvalue weighted by molar-refractivity contribution is 5.72. The van der Waals surface area contributed by atoms with Crippen molar-refractivity contribution >= 4 is 12.1 Å². The van der Waals surface area contributed by atoms with Gasteiger partial charge in [0.05, 0.1) is 0 Å². The molecule has 3 heteroatoms. The maximum Gasteiger partial charge on any atom is 0.211 e. The summed E-state index contributed by atoms with van der Waals surface area (Å²) in [5.41, 5.74) is 3.64. The van der Waals surface area contributed by atoms with E-state index >= 15 is 0 Å². The second-order valence-corrected chi connectivity index (χ2v) is 8.66. The molecule has 0 radical (unpaired) electrons. The van der Waals surface area contributed by atoms with Gasteiger partial charge in [0.15, 0.2) is 0 Å². The number of benzene rings is 1. The molecule has 2 N–H and O–H groups in total. The van der Waals surface area contributed by atoms with Crippen molar-refractivity contribution in [2.75, 3.05) is 5.32 Å². The number of aromatic hydroxyl groups is 1. The Kier molecular flexibility index (Phi) is 4.70. The molecular weight excluding hydrogens is 310 g/mol. The van der Waals surface area contributed by atoms with Crippen molar-refractivity contribution in [2.45, 2.75) is 59.8 Å². The largest absolute Gasteiger partial charge is 0.508 e. The Morgan fingerprint density at radius 2 is 2.08 bits per heavy atom. The van der Waals surface area contributed by atoms with E-state index in [1.165, 1.54) is 19.3 Å². The summed E-state index contributed by atoms with van der Waals surface area (Å²) in [4.78, 5) is 10.8. The van der Waals surface area contributed by atoms with Crippen molar-refractivity contribution in [3.63, 3.8) is 0 Å². The molecule has 0 aromatic heterocycles. The molecule has 0 heterocycles. The highest BCUT2D eigenvalue weighted by atomic mass is 16.3. The first-order chi connectivity index (χ1) is 11.8. The molecule has 3 rings (SSSR count). The molecule has 2 aliphatic carbocycles. The highest BCUT2D eigenvalue weighted by Gasteiger charge is 2.53. The van der Waals surface area contributed by atoms with Gasteiger partial charge in [-0.25, -0.2) is 0 Å². The van der Waals surface area contributed by atoms with E-state index in [1.54, 1.807) is 17.7 Å². The topological polar surface area (TPSA) is 49.3 Å². The maximum absolute atomic E-state index is 10.8. The molecule has 0 bridgehead atoms. The van der Waals surface area contributed by atoms with E-state index in [-0.39, 0.29) is 10.8 Å². The van der Waals surface area contributed by atoms with Gasteiger partial charge in [0.2, 0.25) is 6.41 Å². The zero-order chi connectivity index (χ0) is 18.2. The molecule has 3 nitrogen and oxygen atoms in total. The Morgan fingerprint density at radius 3 is 2.80 bits per heavy atom. The van der Waals surface area contributed by atoms with E-state index < -0.39 is 0 Å². The summed E-state index contributed by atoms with van der Waals surface area (Å²) < 4.78 is 0. The summed E-state index contributed by atoms with van der Waals surface area (Å²) in [6.45, 7) is 9.53. The van der Waals surface area contributed by atoms with Crippen LogP contribution in [-0.4, -0.2) is 11.5 Å². The number of rotatable bonds is 4. The first-order valence-corrected chi connectivity index (χ1v) is 9.50. The van der Waals surface area contributed by atoms with Gasteiger partial charge < -0.3 is 10.4 Å². The van der Waals surface area contributed by atoms with E-state index in [4.69, 9.17) is 0 Å². The van der Waals surface area contributed by atoms with Crippen LogP contribution in [-0.2, 0) is 11.2 Å². The smallest absolute Gasteiger partial charge is 0.211 e. The minimum atomic E-state index is 0.139. The van der Waals surface area contributed by atoms with E-state index in [1.807, 2.05) is 6.07 Å². The number of nitrogens with one attached hydrogen (secondary N) is 1. The number of hydrogen-bond donors (Lipinski definition) is 2. The molecule has 136 valence electrons. The molecular formula is C22H31NO2. The number of amides is 1. The molecule has 1 fully saturated rings. The third-order valence-corrected chi connectivity index (χ3v) is 7.47. The maximum atomic E-state index is 10.8. The minimum Gasteiger partial charge on any atom is -0.508 e. The second kappa shape index (κ2) is 6.51. The van der Waals surface area contributed by atoms with Crippen LogP contribution in [0.25, 0.3) is 0 Å². The highest BCUT2D eigenvalue weighted by Crippen LogP contribution is 2.61. The lowest BCUT2D eigenvalue weighted by molar-refractivity contribution is -0.105. The summed E-state index contributed by atoms with van der Waals surface area (Å²) >= 11 is 0. The molecule has 1 aromatic carbocycles. The number of carbonyl (C=O) groups is 1. The van der Waals surface area contributed by atoms with Crippen LogP contribution in [0.5, 0.6) is 5.75 Å². The average molecular weight is 341 g/mol. The predicted molar refractivity (Wildman–Crippen MR) is 103 cm³/mol. The van der Waals surface area contributed by atoms with Crippen molar-refractivity contribution in [1.82, 2.24) is 0 Å². The predicted octanol–water partition coefficient (Wildman–Crippen LogP) is 5.30. The molecule has 0 unspecified atom stereocenters. The van der Waals surface area contributed by atoms with E-state index in [9.17, 15) is 9.90 Å². The fourth-order valence-corrected chi connectivity index (χ4v) is 5.50. The van der Waals surface area contributed by atoms with E-state index in [0.29, 0.717) is 24.0 Å². The summed E-state index contributed by atoms with van der Waals surface area (Å²) in [6.07, 6.45) is 8.83. The molecule has 25 heavy (non-hydrogen) atoms. The van der Waals surface area contributed by atoms with Crippen LogP contribution < -0.4 is 5.32 Å². The van der Waals surface area contributed by atoms with Gasteiger partial charge in [0.25, 0.3) is 0 Å². The van der Waals surface area contributed by atoms with E-state index in [2.05, 4.69) is 39.1 Å². The molecule has 1 aromatic rings. The SMILES string of the molecule is CC1=CCC[C@@H]2[C@@](C)(Cc3cc(NC=O)ccc3O)[C@H](C)CC[C@@]12C. The fraction of sp³-hybridized carbons (Fsp3) is 0.591. The first kappa shape index (κ1) is 18.0. The van der Waals surface area contributed by atoms with Crippen molar-refractivity contribution in [1.29, 1.82) is 0 Å². The second-order valence-electron chi connectivity index (χ2n) is 8.66. The van der Waals surface area contributed by atoms with Crippen molar-refractivity contribution in [3.05, 3.63) is 35.4 Å². The van der Waals surface area contributed by atoms with Crippen molar-refractivity contribution < 1.29 is 9.90 Å². The van der Waals surface area contributed by atoms with Crippen LogP contribution >= 0.6 is 0 Å². The number of fused-ring (bicyclic) bond motifs is 1. The molecule has 1 amide bonds. The van der Waals surface area contributed by atoms with Gasteiger partial charge in [-0.1, -0.05) is 32.4 Å². The fourth-order valence-electron chi connectivity index (χ4n) is 5.50. The molecule has 0 saturated heterocycles. The molecule has 0 aliphatic heterocycles. The summed E-state index contributed by atoms with van der Waals surface area (Å²) in [7, 11) is 0. The quantitative estimate of drug-likeness (QED) is 0.443. The molecule has 4 atom stereocenters. The van der Waals surface area contributed by atoms with E-state index in [0.717, 1.165) is 24.1 Å². The molecule has 0 spiro atoms. The third-order valence-electron chi connectivity index (χ3n) is 7.47. The Balaban J connectivity index is 1.98. The third kappa shape index (κ3) is 2.98. The first-order valence-electron chi connectivity index (χ1n) is 9.50. The Hall–Kier alpha value is -1.77. The summed E-state index contributed by atoms with van der Waals surface area (Å²) in [5.74, 6) is 1.56. The normalized spacial score (nSPS) is 34.8. The number of hydrogen-bond acceptors (Lipinski definition) is 2. The number of phenols is 1. The van der Waals surface area contributed by atoms with Crippen LogP contribution in [0.2, 0.25) is 0 Å². The zero-order valence-corrected chi connectivity index (χ0v) is 15.9. The van der Waals surface area contributed by atoms with Crippen LogP contribution in [0, 0.1) is 22.7 Å². The number of allylic oxidation sites excluding steroid dienone is 2. The zero-order valence-electron chi connectivity index (χ0n) is 15.9. The van der Waals surface area contributed by atoms with Crippen LogP contribution in [0.15, 0.2) is 29.8 Å². The molecule has 1 saturated carbocycles. The van der Waals surface area contributed by atoms with Gasteiger partial charge >= 0.3 is 0 Å². The number of anilines is 1. The standard InChI is InChI=1S/C22H31NO2/c1-15-6-5-7-20-21(15,3)11-10-16(2)22(20,4)13-17-12-18(23-14-24)8-9-19(17)25/h6,8-9,12,14,16,20,25H,5,7,10-11,13H2,1-4H3,(H,23,24)/t16-,20+,21+,22+/m1/s1. The van der Waals surface area contributed by atoms with Crippen molar-refractivity contribution in [3.8, 4) is 5.75 Å². The van der Waals surface area contributed by atoms with Gasteiger partial charge in [-0.3, -0.25) is 4.79 Å². The van der Waals surface area contributed by atoms with Gasteiger partial charge in [0, 0.05) is 5.69 Å². The molecule has 2 aliphatic rings. The monoisotopic (exact) mass is 341 g/mol. The van der Waals surface area contributed by atoms with Crippen LogP contribution in [0.4, 0.5) is 5.69 Å². The average Bonchev–Trinajstić information content (AvgIpc) is 2.57. The van der Waals surface area contributed by atoms with Gasteiger partial charge in [-0.2, -0.15) is 0 Å².